The van der Waals surface area contributed by atoms with E-state index in [4.69, 9.17) is 0 Å². The molecule has 0 radical (unpaired) electrons. The van der Waals surface area contributed by atoms with Gasteiger partial charge in [0.25, 0.3) is 0 Å². The normalized spacial score (nSPS) is 9.88. The second-order valence-electron chi connectivity index (χ2n) is 4.15. The fourth-order valence-corrected chi connectivity index (χ4v) is 1.70. The highest BCUT2D eigenvalue weighted by molar-refractivity contribution is 9.10. The molecule has 0 spiro atoms. The van der Waals surface area contributed by atoms with Crippen LogP contribution < -0.4 is 5.32 Å². The van der Waals surface area contributed by atoms with Crippen molar-refractivity contribution in [3.8, 4) is 0 Å². The van der Waals surface area contributed by atoms with Crippen LogP contribution in [0.5, 0.6) is 0 Å². The summed E-state index contributed by atoms with van der Waals surface area (Å²) in [6.45, 7) is 6.27. The lowest BCUT2D eigenvalue weighted by Gasteiger charge is -2.13. The molecule has 0 saturated carbocycles. The number of anilines is 1. The monoisotopic (exact) mass is 318 g/mol. The lowest BCUT2D eigenvalue weighted by molar-refractivity contribution is 0.425. The third-order valence-electron chi connectivity index (χ3n) is 2.32. The number of hydrogen-bond donors (Lipinski definition) is 2. The highest BCUT2D eigenvalue weighted by Gasteiger charge is 2.01. The quantitative estimate of drug-likeness (QED) is 0.825. The van der Waals surface area contributed by atoms with Crippen molar-refractivity contribution < 1.29 is 0 Å². The van der Waals surface area contributed by atoms with Gasteiger partial charge < -0.3 is 10.2 Å². The first-order valence-electron chi connectivity index (χ1n) is 5.61. The van der Waals surface area contributed by atoms with Gasteiger partial charge in [0.05, 0.1) is 0 Å². The number of benzene rings is 1. The van der Waals surface area contributed by atoms with E-state index in [1.165, 1.54) is 21.3 Å². The average molecular weight is 319 g/mol. The maximum atomic E-state index is 3.57. The fraction of sp³-hybridized carbons (Fsp3) is 0.538. The third kappa shape index (κ3) is 6.34. The Morgan fingerprint density at radius 2 is 1.65 bits per heavy atom. The van der Waals surface area contributed by atoms with Gasteiger partial charge in [-0.3, -0.25) is 0 Å². The van der Waals surface area contributed by atoms with Crippen molar-refractivity contribution in [3.63, 3.8) is 0 Å². The molecule has 17 heavy (non-hydrogen) atoms. The molecule has 0 bridgehead atoms. The molecule has 0 heterocycles. The van der Waals surface area contributed by atoms with Crippen LogP contribution in [0.3, 0.4) is 0 Å². The molecule has 1 aromatic carbocycles. The van der Waals surface area contributed by atoms with Crippen LogP contribution in [-0.4, -0.2) is 38.3 Å². The minimum atomic E-state index is 0.980. The van der Waals surface area contributed by atoms with Crippen molar-refractivity contribution in [1.29, 1.82) is 0 Å². The molecule has 0 aliphatic heterocycles. The molecule has 0 saturated heterocycles. The van der Waals surface area contributed by atoms with Gasteiger partial charge in [0.1, 0.15) is 0 Å². The predicted octanol–water partition coefficient (Wildman–Crippen LogP) is 3.59. The maximum Gasteiger partial charge on any atom is 0.0346 e. The second kappa shape index (κ2) is 8.84. The predicted molar refractivity (Wildman–Crippen MR) is 85.6 cm³/mol. The summed E-state index contributed by atoms with van der Waals surface area (Å²) in [5.41, 5.74) is 3.76. The van der Waals surface area contributed by atoms with Crippen LogP contribution in [0.4, 0.5) is 5.69 Å². The van der Waals surface area contributed by atoms with Crippen molar-refractivity contribution in [2.75, 3.05) is 38.8 Å². The van der Waals surface area contributed by atoms with Crippen molar-refractivity contribution >= 4 is 34.2 Å². The zero-order valence-corrected chi connectivity index (χ0v) is 13.8. The summed E-state index contributed by atoms with van der Waals surface area (Å²) in [5.74, 6) is 0. The van der Waals surface area contributed by atoms with Gasteiger partial charge >= 0.3 is 0 Å². The Hall–Kier alpha value is -0.190. The van der Waals surface area contributed by atoms with Crippen molar-refractivity contribution in [3.05, 3.63) is 27.7 Å². The van der Waals surface area contributed by atoms with Gasteiger partial charge in [-0.2, -0.15) is 12.6 Å². The standard InChI is InChI=1S/C12H19BrN2.CH4S/c1-9-7-11(8-10(2)12(9)13)14-5-6-15(3)4;1-2/h7-8,14H,5-6H2,1-4H3;2H,1H3. The van der Waals surface area contributed by atoms with Crippen molar-refractivity contribution in [2.24, 2.45) is 0 Å². The highest BCUT2D eigenvalue weighted by atomic mass is 79.9. The molecule has 0 atom stereocenters. The minimum Gasteiger partial charge on any atom is -0.384 e. The van der Waals surface area contributed by atoms with Crippen molar-refractivity contribution in [2.45, 2.75) is 13.8 Å². The molecular formula is C13H23BrN2S. The Labute approximate surface area is 119 Å². The summed E-state index contributed by atoms with van der Waals surface area (Å²) in [6.07, 6.45) is 1.69. The number of hydrogen-bond acceptors (Lipinski definition) is 3. The zero-order chi connectivity index (χ0) is 13.4. The van der Waals surface area contributed by atoms with Gasteiger partial charge in [-0.25, -0.2) is 0 Å². The van der Waals surface area contributed by atoms with Crippen LogP contribution in [0.15, 0.2) is 16.6 Å². The molecule has 98 valence electrons. The van der Waals surface area contributed by atoms with Crippen LogP contribution in [0.2, 0.25) is 0 Å². The number of rotatable bonds is 4. The highest BCUT2D eigenvalue weighted by Crippen LogP contribution is 2.24. The Morgan fingerprint density at radius 3 is 2.06 bits per heavy atom. The van der Waals surface area contributed by atoms with E-state index in [0.717, 1.165) is 13.1 Å². The number of aryl methyl sites for hydroxylation is 2. The molecule has 0 amide bonds. The number of nitrogens with one attached hydrogen (secondary N) is 1. The van der Waals surface area contributed by atoms with E-state index >= 15 is 0 Å². The molecular weight excluding hydrogens is 296 g/mol. The molecule has 1 rings (SSSR count). The largest absolute Gasteiger partial charge is 0.384 e. The van der Waals surface area contributed by atoms with Gasteiger partial charge in [0.2, 0.25) is 0 Å². The fourth-order valence-electron chi connectivity index (χ4n) is 1.47. The summed E-state index contributed by atoms with van der Waals surface area (Å²) >= 11 is 7.10. The van der Waals surface area contributed by atoms with E-state index in [2.05, 4.69) is 78.9 Å². The summed E-state index contributed by atoms with van der Waals surface area (Å²) in [5, 5.41) is 3.42. The molecule has 0 fully saturated rings. The van der Waals surface area contributed by atoms with Gasteiger partial charge in [-0.15, -0.1) is 0 Å². The molecule has 1 aromatic rings. The summed E-state index contributed by atoms with van der Waals surface area (Å²) in [6, 6.07) is 4.35. The van der Waals surface area contributed by atoms with Gasteiger partial charge in [-0.1, -0.05) is 15.9 Å². The van der Waals surface area contributed by atoms with E-state index in [9.17, 15) is 0 Å². The van der Waals surface area contributed by atoms with Gasteiger partial charge in [0.15, 0.2) is 0 Å². The number of thiol groups is 1. The van der Waals surface area contributed by atoms with Crippen LogP contribution in [0.25, 0.3) is 0 Å². The van der Waals surface area contributed by atoms with E-state index < -0.39 is 0 Å². The Balaban J connectivity index is 0.00000121. The number of halogens is 1. The first-order valence-corrected chi connectivity index (χ1v) is 7.29. The van der Waals surface area contributed by atoms with Crippen LogP contribution in [0.1, 0.15) is 11.1 Å². The van der Waals surface area contributed by atoms with Crippen LogP contribution in [0, 0.1) is 13.8 Å². The molecule has 2 nitrogen and oxygen atoms in total. The SMILES string of the molecule is CS.Cc1cc(NCCN(C)C)cc(C)c1Br. The topological polar surface area (TPSA) is 15.3 Å². The van der Waals surface area contributed by atoms with E-state index in [1.807, 2.05) is 0 Å². The Bertz CT molecular complexity index is 317. The second-order valence-corrected chi connectivity index (χ2v) is 4.95. The average Bonchev–Trinajstić information content (AvgIpc) is 2.28. The first-order chi connectivity index (χ1) is 8.00. The molecule has 4 heteroatoms. The summed E-state index contributed by atoms with van der Waals surface area (Å²) in [7, 11) is 4.17. The van der Waals surface area contributed by atoms with E-state index in [0.29, 0.717) is 0 Å². The molecule has 0 aliphatic carbocycles. The van der Waals surface area contributed by atoms with Crippen LogP contribution in [-0.2, 0) is 0 Å². The number of nitrogens with zero attached hydrogens (tertiary/aromatic N) is 1. The minimum absolute atomic E-state index is 0.980. The van der Waals surface area contributed by atoms with Gasteiger partial charge in [0, 0.05) is 23.2 Å². The third-order valence-corrected chi connectivity index (χ3v) is 3.58. The zero-order valence-electron chi connectivity index (χ0n) is 11.3. The van der Waals surface area contributed by atoms with E-state index in [-0.39, 0.29) is 0 Å². The summed E-state index contributed by atoms with van der Waals surface area (Å²) in [4.78, 5) is 2.17. The smallest absolute Gasteiger partial charge is 0.0346 e. The van der Waals surface area contributed by atoms with Crippen LogP contribution >= 0.6 is 28.6 Å². The van der Waals surface area contributed by atoms with Crippen molar-refractivity contribution in [1.82, 2.24) is 4.90 Å². The summed E-state index contributed by atoms with van der Waals surface area (Å²) < 4.78 is 1.21. The Morgan fingerprint density at radius 1 is 1.18 bits per heavy atom. The number of likely N-dealkylation sites (N-methyl/N-ethyl adjacent to an activating group) is 1. The van der Waals surface area contributed by atoms with E-state index in [1.54, 1.807) is 6.26 Å². The molecule has 0 aliphatic rings. The lowest BCUT2D eigenvalue weighted by Crippen LogP contribution is -2.20. The first kappa shape index (κ1) is 16.8. The Kier molecular flexibility index (Phi) is 8.74. The lowest BCUT2D eigenvalue weighted by atomic mass is 10.1. The molecule has 0 aromatic heterocycles. The molecule has 1 N–H and O–H groups in total. The molecule has 0 unspecified atom stereocenters. The van der Waals surface area contributed by atoms with Gasteiger partial charge in [-0.05, 0) is 57.5 Å². The maximum absolute atomic E-state index is 3.57.